The fraction of sp³-hybridized carbons (Fsp3) is 0.934. The molecule has 0 aromatic carbocycles. The summed E-state index contributed by atoms with van der Waals surface area (Å²) in [5.74, 6) is -0.704. The largest absolute Gasteiger partial charge is 0.472 e. The van der Waals surface area contributed by atoms with Crippen LogP contribution in [0.25, 0.3) is 0 Å². The number of unbranched alkanes of at least 4 members (excludes halogenated alkanes) is 30. The quantitative estimate of drug-likeness (QED) is 0.0222. The third-order valence-electron chi connectivity index (χ3n) is 14.0. The minimum Gasteiger partial charge on any atom is -0.462 e. The molecule has 0 aliphatic carbocycles. The van der Waals surface area contributed by atoms with E-state index < -0.39 is 97.5 Å². The van der Waals surface area contributed by atoms with Crippen molar-refractivity contribution >= 4 is 39.5 Å². The highest BCUT2D eigenvalue weighted by atomic mass is 31.2. The number of esters is 4. The number of phosphoric acid groups is 2. The van der Waals surface area contributed by atoms with Crippen molar-refractivity contribution in [3.8, 4) is 0 Å². The number of aliphatic hydroxyl groups excluding tert-OH is 1. The standard InChI is InChI=1S/C61H118O17P2/c1-7-9-11-13-14-15-16-17-18-19-27-33-39-45-60(65)78-57(50-72-59(64)44-38-32-26-22-20-24-30-35-41-53(3)4)52-76-80(69,70)74-48-55(62)47-73-79(67,68)75-51-56(49-71-58(63)43-37-29-12-10-8-2)77-61(66)46-40-34-28-23-21-25-31-36-42-54(5)6/h53-57,62H,7-52H2,1-6H3,(H,67,68)(H,69,70)/t55-,56+,57+/m0/s1. The number of hydrogen-bond donors (Lipinski definition) is 3. The first-order valence-corrected chi connectivity index (χ1v) is 35.0. The summed E-state index contributed by atoms with van der Waals surface area (Å²) < 4.78 is 67.7. The maximum atomic E-state index is 12.9. The maximum Gasteiger partial charge on any atom is 0.472 e. The first-order chi connectivity index (χ1) is 38.4. The zero-order valence-electron chi connectivity index (χ0n) is 51.4. The van der Waals surface area contributed by atoms with E-state index in [1.165, 1.54) is 109 Å². The molecule has 0 rings (SSSR count). The predicted molar refractivity (Wildman–Crippen MR) is 317 cm³/mol. The van der Waals surface area contributed by atoms with Crippen LogP contribution in [0.3, 0.4) is 0 Å². The molecule has 474 valence electrons. The summed E-state index contributed by atoms with van der Waals surface area (Å²) in [6.45, 7) is 9.31. The number of aliphatic hydroxyl groups is 1. The summed E-state index contributed by atoms with van der Waals surface area (Å²) in [5, 5.41) is 10.5. The maximum absolute atomic E-state index is 12.9. The molecule has 0 fully saturated rings. The summed E-state index contributed by atoms with van der Waals surface area (Å²) in [5.41, 5.74) is 0. The van der Waals surface area contributed by atoms with Crippen LogP contribution in [0.4, 0.5) is 0 Å². The molecule has 0 bridgehead atoms. The molecule has 2 unspecified atom stereocenters. The zero-order valence-corrected chi connectivity index (χ0v) is 53.2. The average molecular weight is 1190 g/mol. The van der Waals surface area contributed by atoms with Gasteiger partial charge in [-0.15, -0.1) is 0 Å². The molecule has 0 aliphatic heterocycles. The Hall–Kier alpha value is -1.94. The van der Waals surface area contributed by atoms with Gasteiger partial charge in [-0.25, -0.2) is 9.13 Å². The van der Waals surface area contributed by atoms with Crippen LogP contribution < -0.4 is 0 Å². The number of ether oxygens (including phenoxy) is 4. The van der Waals surface area contributed by atoms with Gasteiger partial charge in [0.25, 0.3) is 0 Å². The molecule has 0 saturated carbocycles. The molecule has 0 saturated heterocycles. The van der Waals surface area contributed by atoms with Gasteiger partial charge >= 0.3 is 39.5 Å². The van der Waals surface area contributed by atoms with E-state index in [9.17, 15) is 43.2 Å². The highest BCUT2D eigenvalue weighted by Gasteiger charge is 2.30. The van der Waals surface area contributed by atoms with Gasteiger partial charge in [0.2, 0.25) is 0 Å². The highest BCUT2D eigenvalue weighted by molar-refractivity contribution is 7.47. The van der Waals surface area contributed by atoms with Crippen molar-refractivity contribution < 1.29 is 80.2 Å². The Morgan fingerprint density at radius 3 is 0.850 bits per heavy atom. The van der Waals surface area contributed by atoms with Crippen molar-refractivity contribution in [3.05, 3.63) is 0 Å². The Kier molecular flexibility index (Phi) is 52.5. The van der Waals surface area contributed by atoms with Gasteiger partial charge in [-0.1, -0.05) is 247 Å². The number of carbonyl (C=O) groups excluding carboxylic acids is 4. The Labute approximate surface area is 486 Å². The molecule has 80 heavy (non-hydrogen) atoms. The van der Waals surface area contributed by atoms with Gasteiger partial charge in [0.05, 0.1) is 26.4 Å². The van der Waals surface area contributed by atoms with Gasteiger partial charge in [0, 0.05) is 25.7 Å². The first-order valence-electron chi connectivity index (χ1n) is 32.0. The molecule has 17 nitrogen and oxygen atoms in total. The van der Waals surface area contributed by atoms with E-state index in [2.05, 4.69) is 41.5 Å². The average Bonchev–Trinajstić information content (AvgIpc) is 3.41. The van der Waals surface area contributed by atoms with Gasteiger partial charge in [0.15, 0.2) is 12.2 Å². The van der Waals surface area contributed by atoms with E-state index in [0.717, 1.165) is 108 Å². The second-order valence-corrected chi connectivity index (χ2v) is 25.9. The molecule has 0 aromatic rings. The summed E-state index contributed by atoms with van der Waals surface area (Å²) in [6.07, 6.45) is 35.2. The van der Waals surface area contributed by atoms with Crippen molar-refractivity contribution in [2.24, 2.45) is 11.8 Å². The molecule has 0 aliphatic rings. The summed E-state index contributed by atoms with van der Waals surface area (Å²) in [6, 6.07) is 0. The lowest BCUT2D eigenvalue weighted by atomic mass is 10.0. The Morgan fingerprint density at radius 1 is 0.338 bits per heavy atom. The molecule has 5 atom stereocenters. The second kappa shape index (κ2) is 53.8. The van der Waals surface area contributed by atoms with Crippen LogP contribution >= 0.6 is 15.6 Å². The van der Waals surface area contributed by atoms with Crippen LogP contribution in [0, 0.1) is 11.8 Å². The van der Waals surface area contributed by atoms with Gasteiger partial charge in [0.1, 0.15) is 19.3 Å². The number of rotatable bonds is 60. The van der Waals surface area contributed by atoms with Crippen LogP contribution in [0.1, 0.15) is 298 Å². The topological polar surface area (TPSA) is 237 Å². The first kappa shape index (κ1) is 78.1. The van der Waals surface area contributed by atoms with Crippen molar-refractivity contribution in [3.63, 3.8) is 0 Å². The van der Waals surface area contributed by atoms with Crippen LogP contribution in [0.2, 0.25) is 0 Å². The summed E-state index contributed by atoms with van der Waals surface area (Å²) >= 11 is 0. The lowest BCUT2D eigenvalue weighted by molar-refractivity contribution is -0.161. The molecule has 0 amide bonds. The minimum absolute atomic E-state index is 0.103. The molecular formula is C61H118O17P2. The normalized spacial score (nSPS) is 14.4. The lowest BCUT2D eigenvalue weighted by Gasteiger charge is -2.21. The number of phosphoric ester groups is 2. The molecule has 0 spiro atoms. The fourth-order valence-corrected chi connectivity index (χ4v) is 10.6. The molecule has 0 heterocycles. The van der Waals surface area contributed by atoms with E-state index in [0.29, 0.717) is 25.7 Å². The van der Waals surface area contributed by atoms with Crippen molar-refractivity contribution in [1.82, 2.24) is 0 Å². The Bertz CT molecular complexity index is 1580. The SMILES string of the molecule is CCCCCCCCCCCCCCCC(=O)O[C@H](COC(=O)CCCCCCCCCCC(C)C)COP(=O)(O)OC[C@@H](O)COP(=O)(O)OC[C@@H](COC(=O)CCCCCCC)OC(=O)CCCCCCCCCCC(C)C. The van der Waals surface area contributed by atoms with Gasteiger partial charge < -0.3 is 33.8 Å². The van der Waals surface area contributed by atoms with Gasteiger partial charge in [-0.05, 0) is 37.5 Å². The van der Waals surface area contributed by atoms with Gasteiger partial charge in [-0.3, -0.25) is 37.3 Å². The zero-order chi connectivity index (χ0) is 59.4. The smallest absolute Gasteiger partial charge is 0.462 e. The second-order valence-electron chi connectivity index (χ2n) is 23.0. The summed E-state index contributed by atoms with van der Waals surface area (Å²) in [7, 11) is -9.87. The third kappa shape index (κ3) is 55.3. The van der Waals surface area contributed by atoms with E-state index in [1.807, 2.05) is 0 Å². The van der Waals surface area contributed by atoms with Crippen molar-refractivity contribution in [1.29, 1.82) is 0 Å². The molecular weight excluding hydrogens is 1070 g/mol. The monoisotopic (exact) mass is 1180 g/mol. The Balaban J connectivity index is 5.19. The van der Waals surface area contributed by atoms with Crippen LogP contribution in [0.15, 0.2) is 0 Å². The number of carbonyl (C=O) groups is 4. The predicted octanol–water partition coefficient (Wildman–Crippen LogP) is 16.5. The van der Waals surface area contributed by atoms with Crippen molar-refractivity contribution in [2.75, 3.05) is 39.6 Å². The molecule has 3 N–H and O–H groups in total. The third-order valence-corrected chi connectivity index (χ3v) is 15.9. The lowest BCUT2D eigenvalue weighted by Crippen LogP contribution is -2.30. The van der Waals surface area contributed by atoms with E-state index >= 15 is 0 Å². The van der Waals surface area contributed by atoms with Crippen LogP contribution in [-0.2, 0) is 65.4 Å². The van der Waals surface area contributed by atoms with E-state index in [-0.39, 0.29) is 25.7 Å². The van der Waals surface area contributed by atoms with E-state index in [4.69, 9.17) is 37.0 Å². The van der Waals surface area contributed by atoms with Crippen LogP contribution in [-0.4, -0.2) is 96.7 Å². The molecule has 0 radical (unpaired) electrons. The Morgan fingerprint density at radius 2 is 0.575 bits per heavy atom. The minimum atomic E-state index is -4.94. The van der Waals surface area contributed by atoms with Crippen molar-refractivity contribution in [2.45, 2.75) is 317 Å². The highest BCUT2D eigenvalue weighted by Crippen LogP contribution is 2.45. The van der Waals surface area contributed by atoms with Gasteiger partial charge in [-0.2, -0.15) is 0 Å². The fourth-order valence-electron chi connectivity index (χ4n) is 9.00. The molecule has 19 heteroatoms. The number of hydrogen-bond acceptors (Lipinski definition) is 15. The summed E-state index contributed by atoms with van der Waals surface area (Å²) in [4.78, 5) is 71.8. The molecule has 0 aromatic heterocycles. The van der Waals surface area contributed by atoms with E-state index in [1.54, 1.807) is 0 Å². The van der Waals surface area contributed by atoms with Crippen LogP contribution in [0.5, 0.6) is 0 Å².